The van der Waals surface area contributed by atoms with Gasteiger partial charge in [-0.1, -0.05) is 0 Å². The number of hydrogen-bond donors (Lipinski definition) is 2. The topological polar surface area (TPSA) is 62.8 Å². The number of rotatable bonds is 4. The Balaban J connectivity index is 2.05. The summed E-state index contributed by atoms with van der Waals surface area (Å²) in [6.45, 7) is 8.21. The van der Waals surface area contributed by atoms with Gasteiger partial charge in [-0.2, -0.15) is 0 Å². The Hall–Kier alpha value is -2.08. The van der Waals surface area contributed by atoms with Gasteiger partial charge in [0.2, 0.25) is 0 Å². The highest BCUT2D eigenvalue weighted by Gasteiger charge is 2.12. The van der Waals surface area contributed by atoms with Crippen molar-refractivity contribution in [2.45, 2.75) is 33.8 Å². The molecule has 0 aliphatic rings. The van der Waals surface area contributed by atoms with Crippen molar-refractivity contribution < 1.29 is 4.74 Å². The maximum absolute atomic E-state index is 5.95. The molecule has 3 aromatic rings. The molecule has 0 amide bonds. The Morgan fingerprint density at radius 3 is 2.61 bits per heavy atom. The van der Waals surface area contributed by atoms with E-state index in [1.807, 2.05) is 19.9 Å². The summed E-state index contributed by atoms with van der Waals surface area (Å²) in [5.74, 6) is 1.57. The molecule has 0 bridgehead atoms. The molecule has 23 heavy (non-hydrogen) atoms. The fourth-order valence-corrected chi connectivity index (χ4v) is 2.79. The normalized spacial score (nSPS) is 11.2. The van der Waals surface area contributed by atoms with Crippen LogP contribution in [0.3, 0.4) is 0 Å². The summed E-state index contributed by atoms with van der Waals surface area (Å²) in [7, 11) is 0. The number of aromatic nitrogens is 3. The van der Waals surface area contributed by atoms with E-state index in [2.05, 4.69) is 62.2 Å². The number of fused-ring (bicyclic) bond motifs is 1. The van der Waals surface area contributed by atoms with Crippen LogP contribution in [0.15, 0.2) is 29.1 Å². The molecule has 6 heteroatoms. The van der Waals surface area contributed by atoms with Gasteiger partial charge in [0.25, 0.3) is 0 Å². The van der Waals surface area contributed by atoms with E-state index in [4.69, 9.17) is 4.74 Å². The molecule has 0 unspecified atom stereocenters. The second-order valence-electron chi connectivity index (χ2n) is 5.83. The van der Waals surface area contributed by atoms with Gasteiger partial charge in [0.1, 0.15) is 23.5 Å². The molecule has 1 aromatic carbocycles. The van der Waals surface area contributed by atoms with Crippen molar-refractivity contribution in [1.82, 2.24) is 15.0 Å². The van der Waals surface area contributed by atoms with Crippen LogP contribution in [-0.2, 0) is 0 Å². The number of H-pyrrole nitrogens is 1. The first-order chi connectivity index (χ1) is 10.9. The number of ether oxygens (including phenoxy) is 1. The predicted molar refractivity (Wildman–Crippen MR) is 96.6 cm³/mol. The Bertz CT molecular complexity index is 857. The van der Waals surface area contributed by atoms with Crippen molar-refractivity contribution >= 4 is 38.5 Å². The molecule has 2 N–H and O–H groups in total. The molecule has 0 aliphatic heterocycles. The lowest BCUT2D eigenvalue weighted by atomic mass is 10.1. The lowest BCUT2D eigenvalue weighted by Crippen LogP contribution is -2.08. The van der Waals surface area contributed by atoms with E-state index < -0.39 is 0 Å². The van der Waals surface area contributed by atoms with E-state index >= 15 is 0 Å². The lowest BCUT2D eigenvalue weighted by Gasteiger charge is -2.17. The molecule has 5 nitrogen and oxygen atoms in total. The quantitative estimate of drug-likeness (QED) is 0.683. The van der Waals surface area contributed by atoms with Crippen LogP contribution in [0, 0.1) is 13.8 Å². The second kappa shape index (κ2) is 6.20. The SMILES string of the molecule is Cc1cc(Nc2ncnc3[nH]c(Br)cc23)c(OC(C)C)cc1C. The third-order valence-corrected chi connectivity index (χ3v) is 4.03. The zero-order chi connectivity index (χ0) is 16.6. The van der Waals surface area contributed by atoms with Crippen molar-refractivity contribution in [1.29, 1.82) is 0 Å². The van der Waals surface area contributed by atoms with Gasteiger partial charge < -0.3 is 15.0 Å². The zero-order valence-corrected chi connectivity index (χ0v) is 15.2. The molecule has 2 aromatic heterocycles. The van der Waals surface area contributed by atoms with E-state index in [0.717, 1.165) is 32.9 Å². The average Bonchev–Trinajstić information content (AvgIpc) is 2.85. The van der Waals surface area contributed by atoms with E-state index in [0.29, 0.717) is 0 Å². The van der Waals surface area contributed by atoms with Crippen molar-refractivity contribution in [2.24, 2.45) is 0 Å². The van der Waals surface area contributed by atoms with Crippen LogP contribution in [0.2, 0.25) is 0 Å². The number of halogens is 1. The smallest absolute Gasteiger partial charge is 0.143 e. The number of nitrogens with zero attached hydrogens (tertiary/aromatic N) is 2. The first-order valence-electron chi connectivity index (χ1n) is 7.48. The number of anilines is 2. The molecule has 0 spiro atoms. The van der Waals surface area contributed by atoms with Gasteiger partial charge in [0.05, 0.1) is 21.8 Å². The highest BCUT2D eigenvalue weighted by molar-refractivity contribution is 9.10. The van der Waals surface area contributed by atoms with Crippen molar-refractivity contribution in [2.75, 3.05) is 5.32 Å². The summed E-state index contributed by atoms with van der Waals surface area (Å²) in [6, 6.07) is 6.10. The van der Waals surface area contributed by atoms with E-state index in [-0.39, 0.29) is 6.10 Å². The molecular formula is C17H19BrN4O. The van der Waals surface area contributed by atoms with Crippen LogP contribution in [0.25, 0.3) is 11.0 Å². The van der Waals surface area contributed by atoms with Crippen LogP contribution < -0.4 is 10.1 Å². The largest absolute Gasteiger partial charge is 0.489 e. The number of hydrogen-bond acceptors (Lipinski definition) is 4. The Kier molecular flexibility index (Phi) is 4.26. The monoisotopic (exact) mass is 374 g/mol. The predicted octanol–water partition coefficient (Wildman–Crippen LogP) is 4.87. The lowest BCUT2D eigenvalue weighted by molar-refractivity contribution is 0.243. The van der Waals surface area contributed by atoms with Gasteiger partial charge in [-0.25, -0.2) is 9.97 Å². The summed E-state index contributed by atoms with van der Waals surface area (Å²) in [4.78, 5) is 11.8. The molecule has 0 fully saturated rings. The number of benzene rings is 1. The fraction of sp³-hybridized carbons (Fsp3) is 0.294. The van der Waals surface area contributed by atoms with Gasteiger partial charge in [-0.3, -0.25) is 0 Å². The van der Waals surface area contributed by atoms with E-state index in [1.54, 1.807) is 0 Å². The van der Waals surface area contributed by atoms with Gasteiger partial charge >= 0.3 is 0 Å². The highest BCUT2D eigenvalue weighted by Crippen LogP contribution is 2.33. The summed E-state index contributed by atoms with van der Waals surface area (Å²) in [5.41, 5.74) is 4.08. The zero-order valence-electron chi connectivity index (χ0n) is 13.6. The number of nitrogens with one attached hydrogen (secondary N) is 2. The minimum atomic E-state index is 0.101. The minimum absolute atomic E-state index is 0.101. The Labute approximate surface area is 143 Å². The minimum Gasteiger partial charge on any atom is -0.489 e. The van der Waals surface area contributed by atoms with Crippen molar-refractivity contribution in [3.05, 3.63) is 40.3 Å². The summed E-state index contributed by atoms with van der Waals surface area (Å²) in [6.07, 6.45) is 1.64. The first kappa shape index (κ1) is 15.8. The van der Waals surface area contributed by atoms with Gasteiger partial charge in [0, 0.05) is 0 Å². The van der Waals surface area contributed by atoms with Gasteiger partial charge in [0.15, 0.2) is 0 Å². The van der Waals surface area contributed by atoms with E-state index in [9.17, 15) is 0 Å². The summed E-state index contributed by atoms with van der Waals surface area (Å²) in [5, 5.41) is 4.31. The van der Waals surface area contributed by atoms with Crippen LogP contribution in [-0.4, -0.2) is 21.1 Å². The summed E-state index contributed by atoms with van der Waals surface area (Å²) >= 11 is 3.44. The third-order valence-electron chi connectivity index (χ3n) is 3.60. The number of aryl methyl sites for hydroxylation is 2. The maximum Gasteiger partial charge on any atom is 0.143 e. The van der Waals surface area contributed by atoms with Gasteiger partial charge in [-0.05, 0) is 73.0 Å². The Morgan fingerprint density at radius 1 is 1.13 bits per heavy atom. The van der Waals surface area contributed by atoms with Crippen LogP contribution in [0.1, 0.15) is 25.0 Å². The molecule has 2 heterocycles. The fourth-order valence-electron chi connectivity index (χ4n) is 2.37. The summed E-state index contributed by atoms with van der Waals surface area (Å²) < 4.78 is 6.82. The molecule has 0 saturated carbocycles. The third kappa shape index (κ3) is 3.32. The molecule has 0 radical (unpaired) electrons. The Morgan fingerprint density at radius 2 is 1.87 bits per heavy atom. The molecular weight excluding hydrogens is 356 g/mol. The highest BCUT2D eigenvalue weighted by atomic mass is 79.9. The van der Waals surface area contributed by atoms with Crippen LogP contribution >= 0.6 is 15.9 Å². The maximum atomic E-state index is 5.95. The van der Waals surface area contributed by atoms with Crippen LogP contribution in [0.4, 0.5) is 11.5 Å². The average molecular weight is 375 g/mol. The molecule has 120 valence electrons. The van der Waals surface area contributed by atoms with Crippen molar-refractivity contribution in [3.8, 4) is 5.75 Å². The van der Waals surface area contributed by atoms with E-state index in [1.165, 1.54) is 17.5 Å². The van der Waals surface area contributed by atoms with Crippen molar-refractivity contribution in [3.63, 3.8) is 0 Å². The molecule has 0 aliphatic carbocycles. The molecule has 3 rings (SSSR count). The van der Waals surface area contributed by atoms with Gasteiger partial charge in [-0.15, -0.1) is 0 Å². The molecule has 0 saturated heterocycles. The molecule has 0 atom stereocenters. The second-order valence-corrected chi connectivity index (χ2v) is 6.68. The van der Waals surface area contributed by atoms with Crippen LogP contribution in [0.5, 0.6) is 5.75 Å². The number of aromatic amines is 1. The standard InChI is InChI=1S/C17H19BrN4O/c1-9(2)23-14-6-11(4)10(3)5-13(14)21-16-12-7-15(18)22-17(12)20-8-19-16/h5-9H,1-4H3,(H2,19,20,21,22). The first-order valence-corrected chi connectivity index (χ1v) is 8.27.